The second-order valence-electron chi connectivity index (χ2n) is 4.70. The summed E-state index contributed by atoms with van der Waals surface area (Å²) in [6.45, 7) is 6.28. The summed E-state index contributed by atoms with van der Waals surface area (Å²) in [5.41, 5.74) is 0.0916. The zero-order valence-electron chi connectivity index (χ0n) is 8.88. The van der Waals surface area contributed by atoms with Gasteiger partial charge in [-0.25, -0.2) is 0 Å². The van der Waals surface area contributed by atoms with Crippen molar-refractivity contribution in [2.24, 2.45) is 0 Å². The van der Waals surface area contributed by atoms with Crippen molar-refractivity contribution in [2.45, 2.75) is 44.7 Å². The number of halogens is 1. The highest BCUT2D eigenvalue weighted by molar-refractivity contribution is 5.85. The van der Waals surface area contributed by atoms with Crippen LogP contribution in [0.4, 0.5) is 0 Å². The smallest absolute Gasteiger partial charge is 0.240 e. The van der Waals surface area contributed by atoms with E-state index in [2.05, 4.69) is 19.2 Å². The number of amides is 1. The van der Waals surface area contributed by atoms with E-state index >= 15 is 0 Å². The second-order valence-corrected chi connectivity index (χ2v) is 4.70. The molecule has 4 heteroatoms. The van der Waals surface area contributed by atoms with Crippen LogP contribution in [0.25, 0.3) is 0 Å². The number of likely N-dealkylation sites (tertiary alicyclic amines) is 1. The van der Waals surface area contributed by atoms with Crippen LogP contribution in [0.5, 0.6) is 0 Å². The molecule has 0 aromatic carbocycles. The number of hydrogen-bond donors (Lipinski definition) is 1. The van der Waals surface area contributed by atoms with Crippen molar-refractivity contribution in [2.75, 3.05) is 13.1 Å². The van der Waals surface area contributed by atoms with Gasteiger partial charge in [0.1, 0.15) is 0 Å². The molecule has 0 aromatic rings. The minimum absolute atomic E-state index is 0. The van der Waals surface area contributed by atoms with E-state index in [4.69, 9.17) is 0 Å². The lowest BCUT2D eigenvalue weighted by Gasteiger charge is -2.37. The molecule has 1 amide bonds. The van der Waals surface area contributed by atoms with Crippen molar-refractivity contribution in [3.8, 4) is 0 Å². The van der Waals surface area contributed by atoms with Crippen LogP contribution in [0, 0.1) is 0 Å². The SMILES string of the molecule is CC1(C)CCCN1C(=O)[C@H]1CCN1.Cl. The average Bonchev–Trinajstić information content (AvgIpc) is 2.25. The Morgan fingerprint density at radius 1 is 1.50 bits per heavy atom. The maximum absolute atomic E-state index is 11.9. The summed E-state index contributed by atoms with van der Waals surface area (Å²) in [6, 6.07) is 0.123. The molecule has 0 aromatic heterocycles. The number of rotatable bonds is 1. The molecule has 2 saturated heterocycles. The molecule has 2 fully saturated rings. The first-order valence-corrected chi connectivity index (χ1v) is 5.16. The summed E-state index contributed by atoms with van der Waals surface area (Å²) >= 11 is 0. The van der Waals surface area contributed by atoms with Gasteiger partial charge in [0, 0.05) is 12.1 Å². The van der Waals surface area contributed by atoms with E-state index in [1.54, 1.807) is 0 Å². The predicted molar refractivity (Wildman–Crippen MR) is 58.7 cm³/mol. The maximum atomic E-state index is 11.9. The van der Waals surface area contributed by atoms with Gasteiger partial charge in [-0.3, -0.25) is 4.79 Å². The van der Waals surface area contributed by atoms with Crippen molar-refractivity contribution < 1.29 is 4.79 Å². The monoisotopic (exact) mass is 218 g/mol. The van der Waals surface area contributed by atoms with Crippen LogP contribution in [0.3, 0.4) is 0 Å². The maximum Gasteiger partial charge on any atom is 0.240 e. The van der Waals surface area contributed by atoms with Gasteiger partial charge in [-0.2, -0.15) is 0 Å². The highest BCUT2D eigenvalue weighted by Crippen LogP contribution is 2.29. The second kappa shape index (κ2) is 4.07. The summed E-state index contributed by atoms with van der Waals surface area (Å²) < 4.78 is 0. The highest BCUT2D eigenvalue weighted by atomic mass is 35.5. The van der Waals surface area contributed by atoms with E-state index in [0.29, 0.717) is 5.91 Å². The van der Waals surface area contributed by atoms with Crippen LogP contribution in [-0.4, -0.2) is 35.5 Å². The first-order chi connectivity index (χ1) is 6.11. The highest BCUT2D eigenvalue weighted by Gasteiger charge is 2.39. The van der Waals surface area contributed by atoms with E-state index in [-0.39, 0.29) is 24.0 Å². The van der Waals surface area contributed by atoms with E-state index in [1.165, 1.54) is 0 Å². The van der Waals surface area contributed by atoms with Gasteiger partial charge < -0.3 is 10.2 Å². The van der Waals surface area contributed by atoms with Gasteiger partial charge in [0.15, 0.2) is 0 Å². The number of carbonyl (C=O) groups is 1. The molecule has 0 bridgehead atoms. The largest absolute Gasteiger partial charge is 0.336 e. The van der Waals surface area contributed by atoms with Gasteiger partial charge in [0.05, 0.1) is 6.04 Å². The van der Waals surface area contributed by atoms with Gasteiger partial charge in [-0.1, -0.05) is 0 Å². The van der Waals surface area contributed by atoms with Crippen molar-refractivity contribution in [1.29, 1.82) is 0 Å². The summed E-state index contributed by atoms with van der Waals surface area (Å²) in [4.78, 5) is 14.0. The molecule has 1 N–H and O–H groups in total. The first-order valence-electron chi connectivity index (χ1n) is 5.16. The third-order valence-electron chi connectivity index (χ3n) is 3.29. The Labute approximate surface area is 91.6 Å². The van der Waals surface area contributed by atoms with Crippen molar-refractivity contribution in [3.05, 3.63) is 0 Å². The lowest BCUT2D eigenvalue weighted by molar-refractivity contribution is -0.138. The van der Waals surface area contributed by atoms with Crippen molar-refractivity contribution in [1.82, 2.24) is 10.2 Å². The molecule has 1 atom stereocenters. The van der Waals surface area contributed by atoms with Crippen LogP contribution >= 0.6 is 12.4 Å². The number of hydrogen-bond acceptors (Lipinski definition) is 2. The molecule has 3 nitrogen and oxygen atoms in total. The summed E-state index contributed by atoms with van der Waals surface area (Å²) in [6.07, 6.45) is 3.32. The molecule has 82 valence electrons. The third kappa shape index (κ3) is 1.89. The molecule has 0 aliphatic carbocycles. The lowest BCUT2D eigenvalue weighted by atomic mass is 9.99. The van der Waals surface area contributed by atoms with Gasteiger partial charge >= 0.3 is 0 Å². The van der Waals surface area contributed by atoms with Crippen LogP contribution < -0.4 is 5.32 Å². The topological polar surface area (TPSA) is 32.3 Å². The van der Waals surface area contributed by atoms with Gasteiger partial charge in [-0.15, -0.1) is 12.4 Å². The molecule has 2 rings (SSSR count). The Balaban J connectivity index is 0.000000980. The molecule has 14 heavy (non-hydrogen) atoms. The number of nitrogens with zero attached hydrogens (tertiary/aromatic N) is 1. The Morgan fingerprint density at radius 3 is 2.50 bits per heavy atom. The summed E-state index contributed by atoms with van der Waals surface area (Å²) in [5, 5.41) is 3.17. The normalized spacial score (nSPS) is 29.3. The minimum atomic E-state index is 0. The number of nitrogens with one attached hydrogen (secondary N) is 1. The molecule has 2 aliphatic rings. The molecular weight excluding hydrogens is 200 g/mol. The fourth-order valence-corrected chi connectivity index (χ4v) is 2.20. The zero-order valence-corrected chi connectivity index (χ0v) is 9.69. The van der Waals surface area contributed by atoms with Crippen LogP contribution in [0.2, 0.25) is 0 Å². The summed E-state index contributed by atoms with van der Waals surface area (Å²) in [7, 11) is 0. The quantitative estimate of drug-likeness (QED) is 0.717. The molecule has 0 spiro atoms. The first kappa shape index (κ1) is 11.8. The van der Waals surface area contributed by atoms with Crippen LogP contribution in [-0.2, 0) is 4.79 Å². The lowest BCUT2D eigenvalue weighted by Crippen LogP contribution is -2.57. The van der Waals surface area contributed by atoms with Gasteiger partial charge in [0.25, 0.3) is 0 Å². The molecule has 2 heterocycles. The molecule has 0 unspecified atom stereocenters. The fraction of sp³-hybridized carbons (Fsp3) is 0.900. The van der Waals surface area contributed by atoms with Gasteiger partial charge in [0.2, 0.25) is 5.91 Å². The van der Waals surface area contributed by atoms with E-state index in [1.807, 2.05) is 4.90 Å². The third-order valence-corrected chi connectivity index (χ3v) is 3.29. The minimum Gasteiger partial charge on any atom is -0.336 e. The van der Waals surface area contributed by atoms with E-state index in [9.17, 15) is 4.79 Å². The molecule has 0 saturated carbocycles. The van der Waals surface area contributed by atoms with Crippen LogP contribution in [0.15, 0.2) is 0 Å². The van der Waals surface area contributed by atoms with E-state index in [0.717, 1.165) is 32.4 Å². The Hall–Kier alpha value is -0.280. The fourth-order valence-electron chi connectivity index (χ4n) is 2.20. The summed E-state index contributed by atoms with van der Waals surface area (Å²) in [5.74, 6) is 0.314. The predicted octanol–water partition coefficient (Wildman–Crippen LogP) is 1.17. The Morgan fingerprint density at radius 2 is 2.14 bits per heavy atom. The zero-order chi connectivity index (χ0) is 9.47. The average molecular weight is 219 g/mol. The number of carbonyl (C=O) groups excluding carboxylic acids is 1. The van der Waals surface area contributed by atoms with Crippen molar-refractivity contribution >= 4 is 18.3 Å². The standard InChI is InChI=1S/C10H18N2O.ClH/c1-10(2)5-3-7-12(10)9(13)8-4-6-11-8;/h8,11H,3-7H2,1-2H3;1H/t8-;/m1./s1. The molecular formula is C10H19ClN2O. The molecule has 0 radical (unpaired) electrons. The van der Waals surface area contributed by atoms with Gasteiger partial charge in [-0.05, 0) is 39.7 Å². The van der Waals surface area contributed by atoms with Crippen molar-refractivity contribution in [3.63, 3.8) is 0 Å². The van der Waals surface area contributed by atoms with Crippen LogP contribution in [0.1, 0.15) is 33.1 Å². The Bertz CT molecular complexity index is 226. The Kier molecular flexibility index (Phi) is 3.43. The molecule has 2 aliphatic heterocycles. The van der Waals surface area contributed by atoms with E-state index < -0.39 is 0 Å².